The Kier molecular flexibility index (Phi) is 6.40. The van der Waals surface area contributed by atoms with Crippen molar-refractivity contribution in [1.29, 1.82) is 0 Å². The molecule has 0 aromatic heterocycles. The van der Waals surface area contributed by atoms with Gasteiger partial charge in [-0.2, -0.15) is 0 Å². The fraction of sp³-hybridized carbons (Fsp3) is 0.529. The van der Waals surface area contributed by atoms with Crippen molar-refractivity contribution < 1.29 is 9.59 Å². The van der Waals surface area contributed by atoms with Crippen molar-refractivity contribution in [2.75, 3.05) is 20.1 Å². The Hall–Kier alpha value is -1.88. The lowest BCUT2D eigenvalue weighted by atomic mass is 10.0. The van der Waals surface area contributed by atoms with Crippen molar-refractivity contribution in [2.24, 2.45) is 0 Å². The minimum atomic E-state index is -0.460. The summed E-state index contributed by atoms with van der Waals surface area (Å²) in [6.45, 7) is 1.78. The normalized spacial score (nSPS) is 17.9. The summed E-state index contributed by atoms with van der Waals surface area (Å²) in [5.41, 5.74) is 0.935. The van der Waals surface area contributed by atoms with E-state index in [1.165, 1.54) is 26.3 Å². The van der Waals surface area contributed by atoms with Crippen LogP contribution in [0.4, 0.5) is 4.79 Å². The molecule has 1 aromatic carbocycles. The average Bonchev–Trinajstić information content (AvgIpc) is 2.50. The van der Waals surface area contributed by atoms with E-state index >= 15 is 0 Å². The maximum absolute atomic E-state index is 12.6. The van der Waals surface area contributed by atoms with Gasteiger partial charge in [-0.25, -0.2) is 4.79 Å². The molecule has 22 heavy (non-hydrogen) atoms. The second kappa shape index (κ2) is 8.54. The first kappa shape index (κ1) is 16.5. The summed E-state index contributed by atoms with van der Waals surface area (Å²) in [5, 5.41) is 4.87. The summed E-state index contributed by atoms with van der Waals surface area (Å²) in [4.78, 5) is 26.3. The molecule has 2 rings (SSSR count). The predicted octanol–water partition coefficient (Wildman–Crippen LogP) is 2.45. The summed E-state index contributed by atoms with van der Waals surface area (Å²) in [5.74, 6) is -0.258. The van der Waals surface area contributed by atoms with Gasteiger partial charge in [0.05, 0.1) is 0 Å². The number of carbonyl (C=O) groups excluding carboxylic acids is 2. The zero-order chi connectivity index (χ0) is 15.8. The van der Waals surface area contributed by atoms with E-state index in [9.17, 15) is 9.59 Å². The second-order valence-corrected chi connectivity index (χ2v) is 5.69. The highest BCUT2D eigenvalue weighted by atomic mass is 16.2. The molecule has 5 nitrogen and oxygen atoms in total. The molecule has 120 valence electrons. The van der Waals surface area contributed by atoms with Crippen LogP contribution in [0.25, 0.3) is 0 Å². The topological polar surface area (TPSA) is 61.4 Å². The molecule has 5 heteroatoms. The van der Waals surface area contributed by atoms with Gasteiger partial charge in [-0.1, -0.05) is 49.6 Å². The first-order chi connectivity index (χ1) is 10.7. The summed E-state index contributed by atoms with van der Waals surface area (Å²) in [6.07, 6.45) is 5.87. The van der Waals surface area contributed by atoms with Crippen LogP contribution < -0.4 is 10.6 Å². The Balaban J connectivity index is 2.20. The number of likely N-dealkylation sites (tertiary alicyclic amines) is 1. The molecule has 0 spiro atoms. The SMILES string of the molecule is CNC(=O)NC(=O)C(c1ccccc1)N1CCCCCCC1. The summed E-state index contributed by atoms with van der Waals surface area (Å²) in [7, 11) is 1.51. The quantitative estimate of drug-likeness (QED) is 0.901. The zero-order valence-electron chi connectivity index (χ0n) is 13.2. The van der Waals surface area contributed by atoms with Gasteiger partial charge in [0.2, 0.25) is 5.91 Å². The highest BCUT2D eigenvalue weighted by molar-refractivity contribution is 5.97. The average molecular weight is 303 g/mol. The lowest BCUT2D eigenvalue weighted by Gasteiger charge is -2.32. The number of benzene rings is 1. The van der Waals surface area contributed by atoms with Crippen molar-refractivity contribution in [2.45, 2.75) is 38.1 Å². The number of rotatable bonds is 3. The number of nitrogens with zero attached hydrogens (tertiary/aromatic N) is 1. The van der Waals surface area contributed by atoms with Gasteiger partial charge in [0.15, 0.2) is 0 Å². The molecule has 1 fully saturated rings. The summed E-state index contributed by atoms with van der Waals surface area (Å²) < 4.78 is 0. The van der Waals surface area contributed by atoms with Crippen molar-refractivity contribution in [3.63, 3.8) is 0 Å². The van der Waals surface area contributed by atoms with Crippen LogP contribution >= 0.6 is 0 Å². The molecule has 1 aromatic rings. The van der Waals surface area contributed by atoms with E-state index in [0.29, 0.717) is 0 Å². The molecule has 0 aliphatic carbocycles. The van der Waals surface area contributed by atoms with Gasteiger partial charge in [0.1, 0.15) is 6.04 Å². The van der Waals surface area contributed by atoms with Crippen molar-refractivity contribution in [3.8, 4) is 0 Å². The molecule has 1 unspecified atom stereocenters. The fourth-order valence-electron chi connectivity index (χ4n) is 2.94. The van der Waals surface area contributed by atoms with E-state index in [2.05, 4.69) is 15.5 Å². The number of hydrogen-bond acceptors (Lipinski definition) is 3. The van der Waals surface area contributed by atoms with Gasteiger partial charge in [-0.05, 0) is 31.5 Å². The predicted molar refractivity (Wildman–Crippen MR) is 86.4 cm³/mol. The molecule has 1 aliphatic rings. The van der Waals surface area contributed by atoms with E-state index in [1.807, 2.05) is 30.3 Å². The highest BCUT2D eigenvalue weighted by Crippen LogP contribution is 2.24. The molecule has 1 heterocycles. The third-order valence-corrected chi connectivity index (χ3v) is 4.08. The number of carbonyl (C=O) groups is 2. The highest BCUT2D eigenvalue weighted by Gasteiger charge is 2.28. The Morgan fingerprint density at radius 3 is 2.18 bits per heavy atom. The monoisotopic (exact) mass is 303 g/mol. The molecular formula is C17H25N3O2. The van der Waals surface area contributed by atoms with Crippen LogP contribution in [0, 0.1) is 0 Å². The maximum atomic E-state index is 12.6. The van der Waals surface area contributed by atoms with Crippen LogP contribution in [0.3, 0.4) is 0 Å². The maximum Gasteiger partial charge on any atom is 0.321 e. The lowest BCUT2D eigenvalue weighted by Crippen LogP contribution is -2.46. The Bertz CT molecular complexity index is 482. The van der Waals surface area contributed by atoms with Crippen molar-refractivity contribution in [1.82, 2.24) is 15.5 Å². The largest absolute Gasteiger partial charge is 0.341 e. The Morgan fingerprint density at radius 1 is 1.00 bits per heavy atom. The third kappa shape index (κ3) is 4.56. The number of urea groups is 1. The van der Waals surface area contributed by atoms with Crippen LogP contribution in [0.2, 0.25) is 0 Å². The molecule has 0 bridgehead atoms. The smallest absolute Gasteiger partial charge is 0.321 e. The van der Waals surface area contributed by atoms with Crippen LogP contribution in [-0.2, 0) is 4.79 Å². The van der Waals surface area contributed by atoms with Gasteiger partial charge < -0.3 is 5.32 Å². The van der Waals surface area contributed by atoms with Gasteiger partial charge >= 0.3 is 6.03 Å². The van der Waals surface area contributed by atoms with Crippen LogP contribution in [0.5, 0.6) is 0 Å². The fourth-order valence-corrected chi connectivity index (χ4v) is 2.94. The van der Waals surface area contributed by atoms with E-state index in [-0.39, 0.29) is 5.91 Å². The number of amides is 3. The first-order valence-corrected chi connectivity index (χ1v) is 8.04. The Morgan fingerprint density at radius 2 is 1.59 bits per heavy atom. The molecule has 1 atom stereocenters. The minimum Gasteiger partial charge on any atom is -0.341 e. The molecule has 0 saturated carbocycles. The number of hydrogen-bond donors (Lipinski definition) is 2. The number of nitrogens with one attached hydrogen (secondary N) is 2. The molecule has 2 N–H and O–H groups in total. The third-order valence-electron chi connectivity index (χ3n) is 4.08. The van der Waals surface area contributed by atoms with Crippen LogP contribution in [0.1, 0.15) is 43.7 Å². The molecule has 3 amide bonds. The standard InChI is InChI=1S/C17H25N3O2/c1-18-17(22)19-16(21)15(14-10-6-5-7-11-14)20-12-8-3-2-4-9-13-20/h5-7,10-11,15H,2-4,8-9,12-13H2,1H3,(H2,18,19,21,22). The molecule has 1 saturated heterocycles. The van der Waals surface area contributed by atoms with Gasteiger partial charge in [-0.15, -0.1) is 0 Å². The van der Waals surface area contributed by atoms with Gasteiger partial charge in [0, 0.05) is 7.05 Å². The molecule has 1 aliphatic heterocycles. The number of imide groups is 1. The first-order valence-electron chi connectivity index (χ1n) is 8.04. The zero-order valence-corrected chi connectivity index (χ0v) is 13.2. The van der Waals surface area contributed by atoms with Crippen molar-refractivity contribution >= 4 is 11.9 Å². The van der Waals surface area contributed by atoms with Gasteiger partial charge in [0.25, 0.3) is 0 Å². The van der Waals surface area contributed by atoms with E-state index in [0.717, 1.165) is 31.5 Å². The van der Waals surface area contributed by atoms with Crippen LogP contribution in [0.15, 0.2) is 30.3 Å². The summed E-state index contributed by atoms with van der Waals surface area (Å²) >= 11 is 0. The molecular weight excluding hydrogens is 278 g/mol. The van der Waals surface area contributed by atoms with Crippen molar-refractivity contribution in [3.05, 3.63) is 35.9 Å². The van der Waals surface area contributed by atoms with E-state index < -0.39 is 12.1 Å². The van der Waals surface area contributed by atoms with E-state index in [4.69, 9.17) is 0 Å². The lowest BCUT2D eigenvalue weighted by molar-refractivity contribution is -0.125. The van der Waals surface area contributed by atoms with Crippen LogP contribution in [-0.4, -0.2) is 37.0 Å². The minimum absolute atomic E-state index is 0.258. The molecule has 0 radical (unpaired) electrons. The van der Waals surface area contributed by atoms with Gasteiger partial charge in [-0.3, -0.25) is 15.0 Å². The summed E-state index contributed by atoms with van der Waals surface area (Å²) in [6, 6.07) is 8.83. The Labute approximate surface area is 132 Å². The second-order valence-electron chi connectivity index (χ2n) is 5.69. The van der Waals surface area contributed by atoms with E-state index in [1.54, 1.807) is 0 Å².